The van der Waals surface area contributed by atoms with Crippen molar-refractivity contribution >= 4 is 43.6 Å². The van der Waals surface area contributed by atoms with Crippen LogP contribution in [0.5, 0.6) is 0 Å². The summed E-state index contributed by atoms with van der Waals surface area (Å²) in [6, 6.07) is 97.7. The van der Waals surface area contributed by atoms with Crippen molar-refractivity contribution in [3.63, 3.8) is 0 Å². The highest BCUT2D eigenvalue weighted by molar-refractivity contribution is 6.13. The fourth-order valence-corrected chi connectivity index (χ4v) is 12.5. The normalized spacial score (nSPS) is 11.4. The Kier molecular flexibility index (Phi) is 12.7. The molecule has 8 heteroatoms. The van der Waals surface area contributed by atoms with E-state index in [9.17, 15) is 5.26 Å². The predicted molar refractivity (Wildman–Crippen MR) is 358 cm³/mol. The number of hydrogen-bond donors (Lipinski definition) is 0. The summed E-state index contributed by atoms with van der Waals surface area (Å²) in [5.41, 5.74) is 23.0. The van der Waals surface area contributed by atoms with Gasteiger partial charge in [0.15, 0.2) is 0 Å². The van der Waals surface area contributed by atoms with E-state index in [4.69, 9.17) is 24.9 Å². The zero-order valence-corrected chi connectivity index (χ0v) is 47.4. The first-order valence-corrected chi connectivity index (χ1v) is 29.3. The molecule has 7 heterocycles. The summed E-state index contributed by atoms with van der Waals surface area (Å²) in [7, 11) is 0. The average molecular weight is 1120 g/mol. The summed E-state index contributed by atoms with van der Waals surface area (Å²) < 4.78 is 4.64. The second-order valence-corrected chi connectivity index (χ2v) is 22.0. The van der Waals surface area contributed by atoms with Crippen LogP contribution >= 0.6 is 0 Å². The third-order valence-corrected chi connectivity index (χ3v) is 16.9. The zero-order valence-electron chi connectivity index (χ0n) is 47.4. The van der Waals surface area contributed by atoms with Crippen LogP contribution in [0.1, 0.15) is 5.56 Å². The summed E-state index contributed by atoms with van der Waals surface area (Å²) in [5, 5.41) is 15.4. The molecule has 0 N–H and O–H groups in total. The SMILES string of the molecule is N#Cc1ccccc1-c1cc(-n2c3cc(-c4ccnc(-c5ccccc5)c4)ccc3c3ccc(-c4ccnc(-c5ccccc5)c4)cc32)ncc1-n1c2cc(-c3ccnc(-c4ccccc4)c3)ccc2c2ccc(-c3ccnc(-c4ccccc4)c3)cc21. The van der Waals surface area contributed by atoms with Crippen LogP contribution in [0.25, 0.3) is 156 Å². The molecule has 0 fully saturated rings. The van der Waals surface area contributed by atoms with Gasteiger partial charge in [0, 0.05) is 79.7 Å². The largest absolute Gasteiger partial charge is 0.307 e. The smallest absolute Gasteiger partial charge is 0.138 e. The van der Waals surface area contributed by atoms with Gasteiger partial charge in [-0.3, -0.25) is 24.5 Å². The van der Waals surface area contributed by atoms with Crippen LogP contribution in [-0.4, -0.2) is 34.1 Å². The van der Waals surface area contributed by atoms with Gasteiger partial charge in [-0.25, -0.2) is 4.98 Å². The van der Waals surface area contributed by atoms with Crippen molar-refractivity contribution in [2.45, 2.75) is 0 Å². The molecule has 8 nitrogen and oxygen atoms in total. The molecule has 0 aliphatic rings. The Morgan fingerprint density at radius 1 is 0.261 bits per heavy atom. The van der Waals surface area contributed by atoms with Crippen molar-refractivity contribution in [1.82, 2.24) is 34.1 Å². The van der Waals surface area contributed by atoms with Crippen LogP contribution in [0.2, 0.25) is 0 Å². The second kappa shape index (κ2) is 21.8. The van der Waals surface area contributed by atoms with Crippen LogP contribution in [0.3, 0.4) is 0 Å². The van der Waals surface area contributed by atoms with Gasteiger partial charge in [-0.15, -0.1) is 0 Å². The Hall–Kier alpha value is -12.2. The Bertz CT molecular complexity index is 5110. The highest BCUT2D eigenvalue weighted by Crippen LogP contribution is 2.43. The lowest BCUT2D eigenvalue weighted by atomic mass is 9.99. The number of pyridine rings is 5. The first kappa shape index (κ1) is 51.5. The van der Waals surface area contributed by atoms with E-state index in [2.05, 4.69) is 197 Å². The monoisotopic (exact) mass is 1120 g/mol. The van der Waals surface area contributed by atoms with Crippen molar-refractivity contribution in [3.05, 3.63) is 310 Å². The molecule has 410 valence electrons. The molecular weight excluding hydrogens is 1070 g/mol. The van der Waals surface area contributed by atoms with Gasteiger partial charge in [-0.05, 0) is 129 Å². The quantitative estimate of drug-likeness (QED) is 0.128. The van der Waals surface area contributed by atoms with Crippen LogP contribution in [-0.2, 0) is 0 Å². The van der Waals surface area contributed by atoms with Gasteiger partial charge in [-0.1, -0.05) is 188 Å². The van der Waals surface area contributed by atoms with Gasteiger partial charge in [0.1, 0.15) is 5.82 Å². The lowest BCUT2D eigenvalue weighted by Crippen LogP contribution is -2.04. The average Bonchev–Trinajstić information content (AvgIpc) is 2.03. The summed E-state index contributed by atoms with van der Waals surface area (Å²) in [4.78, 5) is 24.8. The van der Waals surface area contributed by atoms with E-state index in [0.29, 0.717) is 11.4 Å². The zero-order chi connectivity index (χ0) is 58.5. The highest BCUT2D eigenvalue weighted by Gasteiger charge is 2.23. The minimum Gasteiger partial charge on any atom is -0.307 e. The third-order valence-electron chi connectivity index (χ3n) is 16.9. The number of nitriles is 1. The van der Waals surface area contributed by atoms with E-state index in [0.717, 1.165) is 150 Å². The number of nitrogens with zero attached hydrogens (tertiary/aromatic N) is 8. The number of rotatable bonds is 11. The minimum atomic E-state index is 0.545. The number of hydrogen-bond acceptors (Lipinski definition) is 6. The summed E-state index contributed by atoms with van der Waals surface area (Å²) in [6.07, 6.45) is 9.56. The van der Waals surface area contributed by atoms with Gasteiger partial charge in [-0.2, -0.15) is 5.26 Å². The molecule has 0 atom stereocenters. The van der Waals surface area contributed by atoms with Crippen molar-refractivity contribution in [3.8, 4) is 118 Å². The number of benzene rings is 9. The van der Waals surface area contributed by atoms with Gasteiger partial charge in [0.05, 0.1) is 68.4 Å². The molecule has 0 saturated heterocycles. The van der Waals surface area contributed by atoms with Gasteiger partial charge in [0.2, 0.25) is 0 Å². The van der Waals surface area contributed by atoms with Crippen molar-refractivity contribution < 1.29 is 0 Å². The number of fused-ring (bicyclic) bond motifs is 6. The lowest BCUT2D eigenvalue weighted by Gasteiger charge is -2.18. The molecular formula is C80H50N8. The number of aromatic nitrogens is 7. The highest BCUT2D eigenvalue weighted by atomic mass is 15.1. The maximum atomic E-state index is 11.1. The standard InChI is InChI=1S/C80H50N8/c81-50-64-23-13-14-24-65(64)70-49-80(88-77-47-58(62-35-39-84-73(43-62)54-19-9-3-10-20-54)27-31-68(77)69-32-28-59(48-78(69)88)63-36-40-85-74(44-63)55-21-11-4-12-22-55)86-51-79(70)87-75-45-56(60-33-37-82-71(41-60)52-15-5-1-6-16-52)25-29-66(75)67-30-26-57(46-76(67)87)61-34-38-83-72(42-61)53-17-7-2-8-18-53/h1-49,51H. The lowest BCUT2D eigenvalue weighted by molar-refractivity contribution is 1.06. The molecule has 16 aromatic rings. The maximum absolute atomic E-state index is 11.1. The van der Waals surface area contributed by atoms with Crippen LogP contribution in [0.4, 0.5) is 0 Å². The third kappa shape index (κ3) is 9.24. The Balaban J connectivity index is 0.949. The van der Waals surface area contributed by atoms with E-state index in [1.165, 1.54) is 0 Å². The molecule has 0 amide bonds. The van der Waals surface area contributed by atoms with E-state index >= 15 is 0 Å². The van der Waals surface area contributed by atoms with Crippen LogP contribution in [0.15, 0.2) is 304 Å². The minimum absolute atomic E-state index is 0.545. The van der Waals surface area contributed by atoms with Gasteiger partial charge in [0.25, 0.3) is 0 Å². The molecule has 0 bridgehead atoms. The Morgan fingerprint density at radius 3 is 0.932 bits per heavy atom. The van der Waals surface area contributed by atoms with Gasteiger partial charge < -0.3 is 4.57 Å². The molecule has 88 heavy (non-hydrogen) atoms. The second-order valence-electron chi connectivity index (χ2n) is 22.0. The van der Waals surface area contributed by atoms with E-state index in [-0.39, 0.29) is 0 Å². The molecule has 9 aromatic carbocycles. The van der Waals surface area contributed by atoms with E-state index in [1.807, 2.05) is 122 Å². The Labute approximate surface area is 507 Å². The van der Waals surface area contributed by atoms with E-state index < -0.39 is 0 Å². The molecule has 0 spiro atoms. The fraction of sp³-hybridized carbons (Fsp3) is 0. The molecule has 0 aliphatic carbocycles. The van der Waals surface area contributed by atoms with Crippen molar-refractivity contribution in [2.75, 3.05) is 0 Å². The van der Waals surface area contributed by atoms with Crippen LogP contribution in [0, 0.1) is 11.3 Å². The van der Waals surface area contributed by atoms with E-state index in [1.54, 1.807) is 0 Å². The fourth-order valence-electron chi connectivity index (χ4n) is 12.5. The summed E-state index contributed by atoms with van der Waals surface area (Å²) >= 11 is 0. The van der Waals surface area contributed by atoms with Crippen molar-refractivity contribution in [2.24, 2.45) is 0 Å². The topological polar surface area (TPSA) is 98.1 Å². The molecule has 0 unspecified atom stereocenters. The summed E-state index contributed by atoms with van der Waals surface area (Å²) in [5.74, 6) is 0.692. The molecule has 0 saturated carbocycles. The molecule has 16 rings (SSSR count). The Morgan fingerprint density at radius 2 is 0.580 bits per heavy atom. The summed E-state index contributed by atoms with van der Waals surface area (Å²) in [6.45, 7) is 0. The first-order chi connectivity index (χ1) is 43.6. The maximum Gasteiger partial charge on any atom is 0.138 e. The predicted octanol–water partition coefficient (Wildman–Crippen LogP) is 19.7. The molecule has 7 aromatic heterocycles. The van der Waals surface area contributed by atoms with Crippen molar-refractivity contribution in [1.29, 1.82) is 5.26 Å². The molecule has 0 radical (unpaired) electrons. The first-order valence-electron chi connectivity index (χ1n) is 29.3. The van der Waals surface area contributed by atoms with Crippen LogP contribution < -0.4 is 0 Å². The van der Waals surface area contributed by atoms with Gasteiger partial charge >= 0.3 is 0 Å². The molecule has 0 aliphatic heterocycles.